The van der Waals surface area contributed by atoms with E-state index >= 15 is 0 Å². The van der Waals surface area contributed by atoms with E-state index in [4.69, 9.17) is 4.74 Å². The first-order chi connectivity index (χ1) is 12.2. The molecule has 0 aliphatic carbocycles. The van der Waals surface area contributed by atoms with Crippen LogP contribution in [0.3, 0.4) is 0 Å². The first-order valence-electron chi connectivity index (χ1n) is 8.69. The van der Waals surface area contributed by atoms with Crippen LogP contribution in [0.25, 0.3) is 0 Å². The SMILES string of the molecule is CCN(Cc1ccccc1)c1nc(C)cc(C(=O)N2CCOCC2)n1. The molecule has 0 atom stereocenters. The van der Waals surface area contributed by atoms with Gasteiger partial charge in [0.25, 0.3) is 5.91 Å². The third-order valence-electron chi connectivity index (χ3n) is 4.24. The molecule has 1 aliphatic heterocycles. The van der Waals surface area contributed by atoms with Crippen molar-refractivity contribution in [3.8, 4) is 0 Å². The lowest BCUT2D eigenvalue weighted by molar-refractivity contribution is 0.0299. The third-order valence-corrected chi connectivity index (χ3v) is 4.24. The number of anilines is 1. The fourth-order valence-electron chi connectivity index (χ4n) is 2.86. The van der Waals surface area contributed by atoms with Gasteiger partial charge in [-0.3, -0.25) is 4.79 Å². The molecule has 2 aromatic rings. The van der Waals surface area contributed by atoms with Gasteiger partial charge in [-0.05, 0) is 25.5 Å². The van der Waals surface area contributed by atoms with Gasteiger partial charge in [-0.15, -0.1) is 0 Å². The van der Waals surface area contributed by atoms with Crippen LogP contribution in [0.2, 0.25) is 0 Å². The molecule has 1 amide bonds. The number of hydrogen-bond acceptors (Lipinski definition) is 5. The number of hydrogen-bond donors (Lipinski definition) is 0. The lowest BCUT2D eigenvalue weighted by Gasteiger charge is -2.27. The van der Waals surface area contributed by atoms with E-state index in [-0.39, 0.29) is 5.91 Å². The summed E-state index contributed by atoms with van der Waals surface area (Å²) in [5.74, 6) is 0.550. The minimum absolute atomic E-state index is 0.0502. The molecule has 1 aromatic heterocycles. The quantitative estimate of drug-likeness (QED) is 0.836. The maximum Gasteiger partial charge on any atom is 0.272 e. The maximum absolute atomic E-state index is 12.7. The van der Waals surface area contributed by atoms with Crippen molar-refractivity contribution in [2.45, 2.75) is 20.4 Å². The van der Waals surface area contributed by atoms with Gasteiger partial charge in [0.15, 0.2) is 0 Å². The van der Waals surface area contributed by atoms with Crippen molar-refractivity contribution in [3.63, 3.8) is 0 Å². The summed E-state index contributed by atoms with van der Waals surface area (Å²) in [7, 11) is 0. The predicted molar refractivity (Wildman–Crippen MR) is 96.7 cm³/mol. The smallest absolute Gasteiger partial charge is 0.272 e. The summed E-state index contributed by atoms with van der Waals surface area (Å²) in [6.45, 7) is 7.83. The van der Waals surface area contributed by atoms with Crippen molar-refractivity contribution in [2.75, 3.05) is 37.7 Å². The largest absolute Gasteiger partial charge is 0.378 e. The molecule has 1 fully saturated rings. The topological polar surface area (TPSA) is 58.6 Å². The number of carbonyl (C=O) groups excluding carboxylic acids is 1. The van der Waals surface area contributed by atoms with Crippen LogP contribution in [0.4, 0.5) is 5.95 Å². The summed E-state index contributed by atoms with van der Waals surface area (Å²) >= 11 is 0. The zero-order chi connectivity index (χ0) is 17.6. The number of benzene rings is 1. The Morgan fingerprint density at radius 2 is 1.92 bits per heavy atom. The van der Waals surface area contributed by atoms with E-state index in [0.29, 0.717) is 44.5 Å². The highest BCUT2D eigenvalue weighted by Crippen LogP contribution is 2.15. The second-order valence-corrected chi connectivity index (χ2v) is 6.10. The van der Waals surface area contributed by atoms with Crippen LogP contribution in [0.15, 0.2) is 36.4 Å². The molecule has 6 nitrogen and oxygen atoms in total. The molecule has 0 bridgehead atoms. The predicted octanol–water partition coefficient (Wildman–Crippen LogP) is 2.28. The molecule has 6 heteroatoms. The number of morpholine rings is 1. The lowest BCUT2D eigenvalue weighted by atomic mass is 10.2. The Bertz CT molecular complexity index is 715. The normalized spacial score (nSPS) is 14.4. The Morgan fingerprint density at radius 3 is 2.60 bits per heavy atom. The first kappa shape index (κ1) is 17.4. The Morgan fingerprint density at radius 1 is 1.20 bits per heavy atom. The number of rotatable bonds is 5. The van der Waals surface area contributed by atoms with E-state index in [1.165, 1.54) is 5.56 Å². The van der Waals surface area contributed by atoms with Crippen LogP contribution in [0.1, 0.15) is 28.7 Å². The second kappa shape index (κ2) is 8.07. The van der Waals surface area contributed by atoms with Gasteiger partial charge in [0.2, 0.25) is 5.95 Å². The van der Waals surface area contributed by atoms with Gasteiger partial charge in [-0.1, -0.05) is 30.3 Å². The zero-order valence-corrected chi connectivity index (χ0v) is 14.8. The van der Waals surface area contributed by atoms with Crippen molar-refractivity contribution in [3.05, 3.63) is 53.3 Å². The lowest BCUT2D eigenvalue weighted by Crippen LogP contribution is -2.41. The molecule has 0 spiro atoms. The highest BCUT2D eigenvalue weighted by Gasteiger charge is 2.21. The van der Waals surface area contributed by atoms with E-state index in [1.54, 1.807) is 11.0 Å². The summed E-state index contributed by atoms with van der Waals surface area (Å²) in [5, 5.41) is 0. The third kappa shape index (κ3) is 4.33. The van der Waals surface area contributed by atoms with Gasteiger partial charge >= 0.3 is 0 Å². The molecule has 0 saturated carbocycles. The van der Waals surface area contributed by atoms with Crippen LogP contribution in [-0.2, 0) is 11.3 Å². The molecule has 0 radical (unpaired) electrons. The maximum atomic E-state index is 12.7. The summed E-state index contributed by atoms with van der Waals surface area (Å²) in [4.78, 5) is 25.7. The highest BCUT2D eigenvalue weighted by atomic mass is 16.5. The van der Waals surface area contributed by atoms with Crippen molar-refractivity contribution in [1.82, 2.24) is 14.9 Å². The number of carbonyl (C=O) groups is 1. The van der Waals surface area contributed by atoms with Crippen LogP contribution in [0, 0.1) is 6.92 Å². The van der Waals surface area contributed by atoms with Gasteiger partial charge in [-0.2, -0.15) is 0 Å². The first-order valence-corrected chi connectivity index (χ1v) is 8.69. The van der Waals surface area contributed by atoms with Gasteiger partial charge < -0.3 is 14.5 Å². The fraction of sp³-hybridized carbons (Fsp3) is 0.421. The number of ether oxygens (including phenoxy) is 1. The van der Waals surface area contributed by atoms with Crippen molar-refractivity contribution in [2.24, 2.45) is 0 Å². The monoisotopic (exact) mass is 340 g/mol. The van der Waals surface area contributed by atoms with Crippen molar-refractivity contribution in [1.29, 1.82) is 0 Å². The van der Waals surface area contributed by atoms with Crippen LogP contribution in [0.5, 0.6) is 0 Å². The second-order valence-electron chi connectivity index (χ2n) is 6.10. The van der Waals surface area contributed by atoms with E-state index in [2.05, 4.69) is 33.9 Å². The summed E-state index contributed by atoms with van der Waals surface area (Å²) < 4.78 is 5.32. The standard InChI is InChI=1S/C19H24N4O2/c1-3-22(14-16-7-5-4-6-8-16)19-20-15(2)13-17(21-19)18(24)23-9-11-25-12-10-23/h4-8,13H,3,9-12,14H2,1-2H3. The summed E-state index contributed by atoms with van der Waals surface area (Å²) in [5.41, 5.74) is 2.44. The number of aromatic nitrogens is 2. The summed E-state index contributed by atoms with van der Waals surface area (Å²) in [6, 6.07) is 12.0. The number of aryl methyl sites for hydroxylation is 1. The molecular weight excluding hydrogens is 316 g/mol. The van der Waals surface area contributed by atoms with E-state index < -0.39 is 0 Å². The molecular formula is C19H24N4O2. The van der Waals surface area contributed by atoms with Crippen molar-refractivity contribution < 1.29 is 9.53 Å². The van der Waals surface area contributed by atoms with Gasteiger partial charge in [0.1, 0.15) is 5.69 Å². The Kier molecular flexibility index (Phi) is 5.60. The molecule has 1 aliphatic rings. The molecule has 25 heavy (non-hydrogen) atoms. The van der Waals surface area contributed by atoms with E-state index in [1.807, 2.05) is 25.1 Å². The minimum Gasteiger partial charge on any atom is -0.378 e. The average Bonchev–Trinajstić information content (AvgIpc) is 2.66. The Hall–Kier alpha value is -2.47. The zero-order valence-electron chi connectivity index (χ0n) is 14.8. The van der Waals surface area contributed by atoms with Crippen LogP contribution in [-0.4, -0.2) is 53.6 Å². The average molecular weight is 340 g/mol. The molecule has 3 rings (SSSR count). The fourth-order valence-corrected chi connectivity index (χ4v) is 2.86. The van der Waals surface area contributed by atoms with Gasteiger partial charge in [0.05, 0.1) is 13.2 Å². The van der Waals surface area contributed by atoms with E-state index in [0.717, 1.165) is 12.2 Å². The molecule has 1 saturated heterocycles. The molecule has 0 unspecified atom stereocenters. The summed E-state index contributed by atoms with van der Waals surface area (Å²) in [6.07, 6.45) is 0. The van der Waals surface area contributed by atoms with Gasteiger partial charge in [-0.25, -0.2) is 9.97 Å². The highest BCUT2D eigenvalue weighted by molar-refractivity contribution is 5.92. The Labute approximate surface area is 148 Å². The van der Waals surface area contributed by atoms with Crippen LogP contribution >= 0.6 is 0 Å². The van der Waals surface area contributed by atoms with E-state index in [9.17, 15) is 4.79 Å². The Balaban J connectivity index is 1.83. The molecule has 132 valence electrons. The van der Waals surface area contributed by atoms with Crippen LogP contribution < -0.4 is 4.90 Å². The molecule has 1 aromatic carbocycles. The van der Waals surface area contributed by atoms with Crippen molar-refractivity contribution >= 4 is 11.9 Å². The molecule has 2 heterocycles. The minimum atomic E-state index is -0.0502. The van der Waals surface area contributed by atoms with Gasteiger partial charge in [0, 0.05) is 31.9 Å². The number of nitrogens with zero attached hydrogens (tertiary/aromatic N) is 4. The molecule has 0 N–H and O–H groups in total. The number of amides is 1.